The van der Waals surface area contributed by atoms with Gasteiger partial charge in [-0.2, -0.15) is 0 Å². The van der Waals surface area contributed by atoms with Crippen LogP contribution in [-0.4, -0.2) is 26.6 Å². The van der Waals surface area contributed by atoms with Crippen LogP contribution < -0.4 is 0 Å². The molecule has 1 saturated heterocycles. The molecule has 3 heteroatoms. The Hall–Kier alpha value is -0.123. The lowest BCUT2D eigenvalue weighted by molar-refractivity contribution is -0.163. The van der Waals surface area contributed by atoms with E-state index in [-0.39, 0.29) is 0 Å². The van der Waals surface area contributed by atoms with Crippen molar-refractivity contribution in [3.05, 3.63) is 12.3 Å². The van der Waals surface area contributed by atoms with Gasteiger partial charge in [-0.3, -0.25) is 0 Å². The number of aliphatic hydroxyl groups is 1. The lowest BCUT2D eigenvalue weighted by atomic mass is 10.2. The first-order valence-electron chi connectivity index (χ1n) is 3.74. The third-order valence-electron chi connectivity index (χ3n) is 1.80. The molecule has 1 aliphatic heterocycles. The van der Waals surface area contributed by atoms with Crippen molar-refractivity contribution in [2.24, 2.45) is 0 Å². The van der Waals surface area contributed by atoms with Gasteiger partial charge < -0.3 is 9.84 Å². The molecule has 0 aromatic carbocycles. The first-order valence-corrected chi connectivity index (χ1v) is 5.26. The van der Waals surface area contributed by atoms with Crippen molar-refractivity contribution in [3.8, 4) is 0 Å². The molecule has 0 bridgehead atoms. The number of hydrogen-bond donors (Lipinski definition) is 1. The first kappa shape index (κ1) is 7.98. The normalized spacial score (nSPS) is 34.9. The Balaban J connectivity index is 2.39. The van der Waals surface area contributed by atoms with Gasteiger partial charge in [0.05, 0.1) is 0 Å². The molecule has 1 atom stereocenters. The third kappa shape index (κ3) is 1.93. The van der Waals surface area contributed by atoms with E-state index in [1.54, 1.807) is 0 Å². The maximum Gasteiger partial charge on any atom is 0.146 e. The van der Waals surface area contributed by atoms with E-state index < -0.39 is 14.9 Å². The fourth-order valence-corrected chi connectivity index (χ4v) is 2.39. The van der Waals surface area contributed by atoms with Gasteiger partial charge in [0.2, 0.25) is 0 Å². The zero-order valence-corrected chi connectivity index (χ0v) is 7.59. The largest absolute Gasteiger partial charge is 0.369 e. The highest BCUT2D eigenvalue weighted by Gasteiger charge is 2.28. The predicted molar refractivity (Wildman–Crippen MR) is 43.5 cm³/mol. The van der Waals surface area contributed by atoms with Crippen molar-refractivity contribution in [1.82, 2.24) is 0 Å². The van der Waals surface area contributed by atoms with Gasteiger partial charge in [-0.15, -0.1) is 12.3 Å². The second-order valence-electron chi connectivity index (χ2n) is 2.74. The van der Waals surface area contributed by atoms with Gasteiger partial charge >= 0.3 is 0 Å². The Bertz CT molecular complexity index is 119. The fourth-order valence-electron chi connectivity index (χ4n) is 1.22. The summed E-state index contributed by atoms with van der Waals surface area (Å²) in [6, 6.07) is 0. The van der Waals surface area contributed by atoms with Gasteiger partial charge in [0.1, 0.15) is 14.9 Å². The highest BCUT2D eigenvalue weighted by Crippen LogP contribution is 2.20. The van der Waals surface area contributed by atoms with Crippen LogP contribution >= 0.6 is 0 Å². The van der Waals surface area contributed by atoms with Crippen molar-refractivity contribution in [3.63, 3.8) is 0 Å². The van der Waals surface area contributed by atoms with Gasteiger partial charge in [-0.05, 0) is 19.3 Å². The molecule has 0 aliphatic carbocycles. The number of ether oxygens (including phenoxy) is 1. The monoisotopic (exact) mass is 158 g/mol. The van der Waals surface area contributed by atoms with Crippen molar-refractivity contribution in [2.75, 3.05) is 6.61 Å². The highest BCUT2D eigenvalue weighted by molar-refractivity contribution is 6.44. The standard InChI is InChI=1S/C7H14O2Si/c1-2-10-7(8)5-3-4-6-9-7/h2,8H,1,3-6,10H2. The minimum atomic E-state index is -0.750. The quantitative estimate of drug-likeness (QED) is 0.580. The van der Waals surface area contributed by atoms with E-state index in [1.807, 2.05) is 5.70 Å². The van der Waals surface area contributed by atoms with E-state index >= 15 is 0 Å². The Kier molecular flexibility index (Phi) is 2.65. The summed E-state index contributed by atoms with van der Waals surface area (Å²) in [6.45, 7) is 4.34. The molecule has 58 valence electrons. The summed E-state index contributed by atoms with van der Waals surface area (Å²) < 4.78 is 5.25. The molecule has 10 heavy (non-hydrogen) atoms. The molecule has 1 rings (SSSR count). The van der Waals surface area contributed by atoms with E-state index in [2.05, 4.69) is 6.58 Å². The molecule has 0 amide bonds. The predicted octanol–water partition coefficient (Wildman–Crippen LogP) is 0.145. The topological polar surface area (TPSA) is 29.5 Å². The second-order valence-corrected chi connectivity index (χ2v) is 4.84. The molecule has 2 nitrogen and oxygen atoms in total. The van der Waals surface area contributed by atoms with Gasteiger partial charge in [0.25, 0.3) is 0 Å². The molecule has 1 N–H and O–H groups in total. The van der Waals surface area contributed by atoms with Crippen molar-refractivity contribution in [2.45, 2.75) is 24.7 Å². The average molecular weight is 158 g/mol. The molecule has 1 heterocycles. The van der Waals surface area contributed by atoms with E-state index in [9.17, 15) is 5.11 Å². The van der Waals surface area contributed by atoms with Crippen LogP contribution in [0.1, 0.15) is 19.3 Å². The molecular weight excluding hydrogens is 144 g/mol. The average Bonchev–Trinajstić information content (AvgIpc) is 1.89. The molecule has 1 unspecified atom stereocenters. The summed E-state index contributed by atoms with van der Waals surface area (Å²) in [4.78, 5) is 0. The van der Waals surface area contributed by atoms with Gasteiger partial charge in [0.15, 0.2) is 0 Å². The third-order valence-corrected chi connectivity index (χ3v) is 3.28. The van der Waals surface area contributed by atoms with E-state index in [4.69, 9.17) is 4.74 Å². The van der Waals surface area contributed by atoms with Crippen LogP contribution in [0.4, 0.5) is 0 Å². The van der Waals surface area contributed by atoms with Crippen molar-refractivity contribution in [1.29, 1.82) is 0 Å². The Morgan fingerprint density at radius 1 is 1.60 bits per heavy atom. The van der Waals surface area contributed by atoms with Gasteiger partial charge in [0, 0.05) is 6.61 Å². The van der Waals surface area contributed by atoms with E-state index in [0.717, 1.165) is 25.9 Å². The molecule has 1 aliphatic rings. The SMILES string of the molecule is C=C[SiH2]C1(O)CCCCO1. The van der Waals surface area contributed by atoms with E-state index in [0.29, 0.717) is 0 Å². The summed E-state index contributed by atoms with van der Waals surface area (Å²) in [7, 11) is -0.623. The summed E-state index contributed by atoms with van der Waals surface area (Å²) in [5.41, 5.74) is 1.09. The lowest BCUT2D eigenvalue weighted by Crippen LogP contribution is -2.41. The minimum Gasteiger partial charge on any atom is -0.369 e. The van der Waals surface area contributed by atoms with Crippen LogP contribution in [0.3, 0.4) is 0 Å². The maximum absolute atomic E-state index is 9.64. The summed E-state index contributed by atoms with van der Waals surface area (Å²) in [5.74, 6) is 0. The van der Waals surface area contributed by atoms with Crippen LogP contribution in [0.2, 0.25) is 0 Å². The van der Waals surface area contributed by atoms with Crippen LogP contribution in [-0.2, 0) is 4.74 Å². The van der Waals surface area contributed by atoms with Crippen LogP contribution in [0.15, 0.2) is 12.3 Å². The molecule has 0 saturated carbocycles. The Labute approximate surface area is 63.7 Å². The second kappa shape index (κ2) is 3.32. The van der Waals surface area contributed by atoms with Crippen molar-refractivity contribution >= 4 is 9.52 Å². The van der Waals surface area contributed by atoms with Gasteiger partial charge in [-0.1, -0.05) is 0 Å². The zero-order chi connectivity index (χ0) is 7.45. The maximum atomic E-state index is 9.64. The molecular formula is C7H14O2Si. The summed E-state index contributed by atoms with van der Waals surface area (Å²) >= 11 is 0. The number of rotatable bonds is 2. The lowest BCUT2D eigenvalue weighted by Gasteiger charge is -2.31. The summed E-state index contributed by atoms with van der Waals surface area (Å²) in [6.07, 6.45) is 3.00. The molecule has 0 aromatic rings. The van der Waals surface area contributed by atoms with Crippen molar-refractivity contribution < 1.29 is 9.84 Å². The Morgan fingerprint density at radius 3 is 2.90 bits per heavy atom. The van der Waals surface area contributed by atoms with Crippen LogP contribution in [0.25, 0.3) is 0 Å². The first-order chi connectivity index (χ1) is 4.77. The molecule has 0 spiro atoms. The van der Waals surface area contributed by atoms with Crippen LogP contribution in [0, 0.1) is 0 Å². The zero-order valence-electron chi connectivity index (χ0n) is 6.18. The summed E-state index contributed by atoms with van der Waals surface area (Å²) in [5, 5.41) is 9.64. The van der Waals surface area contributed by atoms with Gasteiger partial charge in [-0.25, -0.2) is 0 Å². The number of hydrogen-bond acceptors (Lipinski definition) is 2. The minimum absolute atomic E-state index is 0.623. The molecule has 0 radical (unpaired) electrons. The highest BCUT2D eigenvalue weighted by atomic mass is 28.2. The smallest absolute Gasteiger partial charge is 0.146 e. The van der Waals surface area contributed by atoms with E-state index in [1.165, 1.54) is 0 Å². The molecule has 1 fully saturated rings. The fraction of sp³-hybridized carbons (Fsp3) is 0.714. The van der Waals surface area contributed by atoms with Crippen LogP contribution in [0.5, 0.6) is 0 Å². The molecule has 0 aromatic heterocycles. The Morgan fingerprint density at radius 2 is 2.40 bits per heavy atom.